The summed E-state index contributed by atoms with van der Waals surface area (Å²) in [4.78, 5) is 4.04. The number of nitriles is 1. The molecule has 5 nitrogen and oxygen atoms in total. The number of rotatable bonds is 2. The molecule has 3 rings (SSSR count). The molecule has 0 saturated heterocycles. The molecule has 110 valence electrons. The van der Waals surface area contributed by atoms with Gasteiger partial charge in [-0.05, 0) is 36.0 Å². The Morgan fingerprint density at radius 2 is 1.95 bits per heavy atom. The summed E-state index contributed by atoms with van der Waals surface area (Å²) in [5.41, 5.74) is -0.276. The van der Waals surface area contributed by atoms with Gasteiger partial charge < -0.3 is 0 Å². The Morgan fingerprint density at radius 1 is 1.14 bits per heavy atom. The zero-order chi connectivity index (χ0) is 15.7. The third-order valence-electron chi connectivity index (χ3n) is 2.73. The number of halogens is 3. The predicted molar refractivity (Wildman–Crippen MR) is 71.1 cm³/mol. The highest BCUT2D eigenvalue weighted by molar-refractivity contribution is 7.99. The van der Waals surface area contributed by atoms with Gasteiger partial charge in [0.25, 0.3) is 0 Å². The van der Waals surface area contributed by atoms with Gasteiger partial charge in [0.2, 0.25) is 5.16 Å². The van der Waals surface area contributed by atoms with Crippen molar-refractivity contribution in [1.29, 1.82) is 5.26 Å². The molecule has 0 bridgehead atoms. The Morgan fingerprint density at radius 3 is 2.68 bits per heavy atom. The van der Waals surface area contributed by atoms with Gasteiger partial charge in [-0.25, -0.2) is 4.98 Å². The van der Waals surface area contributed by atoms with Crippen LogP contribution in [0.2, 0.25) is 0 Å². The lowest BCUT2D eigenvalue weighted by Gasteiger charge is -2.07. The van der Waals surface area contributed by atoms with Crippen LogP contribution < -0.4 is 0 Å². The van der Waals surface area contributed by atoms with Gasteiger partial charge >= 0.3 is 6.18 Å². The Kier molecular flexibility index (Phi) is 3.46. The van der Waals surface area contributed by atoms with Crippen LogP contribution in [0.3, 0.4) is 0 Å². The van der Waals surface area contributed by atoms with E-state index >= 15 is 0 Å². The van der Waals surface area contributed by atoms with Crippen LogP contribution in [0.15, 0.2) is 46.7 Å². The highest BCUT2D eigenvalue weighted by atomic mass is 32.2. The molecule has 3 aromatic rings. The summed E-state index contributed by atoms with van der Waals surface area (Å²) in [6.45, 7) is 0. The van der Waals surface area contributed by atoms with Crippen molar-refractivity contribution < 1.29 is 13.2 Å². The van der Waals surface area contributed by atoms with E-state index in [1.807, 2.05) is 6.07 Å². The zero-order valence-electron chi connectivity index (χ0n) is 10.7. The van der Waals surface area contributed by atoms with Crippen molar-refractivity contribution in [2.45, 2.75) is 16.4 Å². The molecule has 0 N–H and O–H groups in total. The van der Waals surface area contributed by atoms with E-state index in [0.717, 1.165) is 24.0 Å². The van der Waals surface area contributed by atoms with Gasteiger partial charge in [-0.2, -0.15) is 18.4 Å². The zero-order valence-corrected chi connectivity index (χ0v) is 11.6. The molecule has 0 unspecified atom stereocenters. The molecule has 0 radical (unpaired) electrons. The summed E-state index contributed by atoms with van der Waals surface area (Å²) in [6.07, 6.45) is -3.51. The van der Waals surface area contributed by atoms with E-state index in [4.69, 9.17) is 5.26 Å². The average Bonchev–Trinajstić information content (AvgIpc) is 2.89. The minimum atomic E-state index is -4.45. The Labute approximate surface area is 126 Å². The number of alkyl halides is 3. The quantitative estimate of drug-likeness (QED) is 0.725. The van der Waals surface area contributed by atoms with E-state index in [0.29, 0.717) is 10.7 Å². The highest BCUT2D eigenvalue weighted by Gasteiger charge is 2.31. The van der Waals surface area contributed by atoms with Gasteiger partial charge in [0.05, 0.1) is 5.56 Å². The van der Waals surface area contributed by atoms with Crippen LogP contribution in [0.25, 0.3) is 5.65 Å². The van der Waals surface area contributed by atoms with Gasteiger partial charge in [-0.1, -0.05) is 6.07 Å². The first-order valence-corrected chi connectivity index (χ1v) is 6.76. The lowest BCUT2D eigenvalue weighted by Crippen LogP contribution is -2.06. The SMILES string of the molecule is N#Cc1cccc(Sc2nnc3ccc(C(F)(F)F)cn23)n1. The van der Waals surface area contributed by atoms with E-state index in [2.05, 4.69) is 15.2 Å². The van der Waals surface area contributed by atoms with Crippen molar-refractivity contribution in [1.82, 2.24) is 19.6 Å². The Balaban J connectivity index is 2.02. The van der Waals surface area contributed by atoms with Crippen molar-refractivity contribution in [2.75, 3.05) is 0 Å². The molecular weight excluding hydrogens is 315 g/mol. The van der Waals surface area contributed by atoms with Crippen molar-refractivity contribution in [3.63, 3.8) is 0 Å². The number of hydrogen-bond donors (Lipinski definition) is 0. The molecule has 0 aromatic carbocycles. The molecule has 0 spiro atoms. The van der Waals surface area contributed by atoms with Gasteiger partial charge in [-0.3, -0.25) is 4.40 Å². The third-order valence-corrected chi connectivity index (χ3v) is 3.63. The number of aromatic nitrogens is 4. The molecule has 0 aliphatic heterocycles. The minimum absolute atomic E-state index is 0.217. The molecule has 3 aromatic heterocycles. The first-order chi connectivity index (χ1) is 10.5. The lowest BCUT2D eigenvalue weighted by molar-refractivity contribution is -0.137. The smallest absolute Gasteiger partial charge is 0.277 e. The predicted octanol–water partition coefficient (Wildman–Crippen LogP) is 3.17. The molecule has 0 saturated carbocycles. The second-order valence-corrected chi connectivity index (χ2v) is 5.19. The van der Waals surface area contributed by atoms with E-state index in [9.17, 15) is 13.2 Å². The Bertz CT molecular complexity index is 881. The Hall–Kier alpha value is -2.60. The second-order valence-electron chi connectivity index (χ2n) is 4.20. The van der Waals surface area contributed by atoms with Crippen LogP contribution in [0.1, 0.15) is 11.3 Å². The molecule has 3 heterocycles. The van der Waals surface area contributed by atoms with Crippen LogP contribution in [0, 0.1) is 11.3 Å². The average molecular weight is 321 g/mol. The number of fused-ring (bicyclic) bond motifs is 1. The fourth-order valence-corrected chi connectivity index (χ4v) is 2.54. The molecule has 0 fully saturated rings. The normalized spacial score (nSPS) is 11.5. The molecule has 9 heteroatoms. The fraction of sp³-hybridized carbons (Fsp3) is 0.0769. The minimum Gasteiger partial charge on any atom is -0.277 e. The summed E-state index contributed by atoms with van der Waals surface area (Å²) in [7, 11) is 0. The molecule has 22 heavy (non-hydrogen) atoms. The van der Waals surface area contributed by atoms with Gasteiger partial charge in [0.1, 0.15) is 16.8 Å². The molecule has 0 aliphatic rings. The van der Waals surface area contributed by atoms with E-state index in [1.54, 1.807) is 12.1 Å². The van der Waals surface area contributed by atoms with Crippen LogP contribution in [0.4, 0.5) is 13.2 Å². The maximum atomic E-state index is 12.8. The highest BCUT2D eigenvalue weighted by Crippen LogP contribution is 2.31. The van der Waals surface area contributed by atoms with Crippen molar-refractivity contribution in [3.05, 3.63) is 47.8 Å². The van der Waals surface area contributed by atoms with Gasteiger partial charge in [-0.15, -0.1) is 10.2 Å². The second kappa shape index (κ2) is 5.31. The standard InChI is InChI=1S/C13H6F3N5S/c14-13(15,16)8-4-5-10-19-20-12(21(10)7-8)22-11-3-1-2-9(6-17)18-11/h1-5,7H. The first-order valence-electron chi connectivity index (χ1n) is 5.94. The summed E-state index contributed by atoms with van der Waals surface area (Å²) in [5.74, 6) is 0. The lowest BCUT2D eigenvalue weighted by atomic mass is 10.3. The summed E-state index contributed by atoms with van der Waals surface area (Å²) >= 11 is 1.03. The van der Waals surface area contributed by atoms with Crippen molar-refractivity contribution >= 4 is 17.4 Å². The van der Waals surface area contributed by atoms with Crippen molar-refractivity contribution in [3.8, 4) is 6.07 Å². The largest absolute Gasteiger partial charge is 0.417 e. The van der Waals surface area contributed by atoms with Crippen LogP contribution >= 0.6 is 11.8 Å². The monoisotopic (exact) mass is 321 g/mol. The maximum absolute atomic E-state index is 12.8. The summed E-state index contributed by atoms with van der Waals surface area (Å²) in [5, 5.41) is 17.2. The van der Waals surface area contributed by atoms with E-state index < -0.39 is 11.7 Å². The van der Waals surface area contributed by atoms with Crippen molar-refractivity contribution in [2.24, 2.45) is 0 Å². The van der Waals surface area contributed by atoms with E-state index in [-0.39, 0.29) is 10.9 Å². The third kappa shape index (κ3) is 2.73. The first kappa shape index (κ1) is 14.3. The number of hydrogen-bond acceptors (Lipinski definition) is 5. The van der Waals surface area contributed by atoms with Gasteiger partial charge in [0.15, 0.2) is 5.65 Å². The molecular formula is C13H6F3N5S. The summed E-state index contributed by atoms with van der Waals surface area (Å²) < 4.78 is 39.6. The molecule has 0 atom stereocenters. The van der Waals surface area contributed by atoms with Gasteiger partial charge in [0, 0.05) is 6.20 Å². The summed E-state index contributed by atoms with van der Waals surface area (Å²) in [6, 6.07) is 8.91. The van der Waals surface area contributed by atoms with Crippen LogP contribution in [-0.2, 0) is 6.18 Å². The molecule has 0 aliphatic carbocycles. The van der Waals surface area contributed by atoms with Crippen LogP contribution in [0.5, 0.6) is 0 Å². The number of nitrogens with zero attached hydrogens (tertiary/aromatic N) is 5. The fourth-order valence-electron chi connectivity index (χ4n) is 1.73. The topological polar surface area (TPSA) is 66.9 Å². The number of pyridine rings is 2. The van der Waals surface area contributed by atoms with Crippen LogP contribution in [-0.4, -0.2) is 19.6 Å². The van der Waals surface area contributed by atoms with E-state index in [1.165, 1.54) is 16.5 Å². The maximum Gasteiger partial charge on any atom is 0.417 e. The molecule has 0 amide bonds.